The smallest absolute Gasteiger partial charge is 0.221 e. The summed E-state index contributed by atoms with van der Waals surface area (Å²) in [7, 11) is 8.38. The van der Waals surface area contributed by atoms with Crippen molar-refractivity contribution in [2.24, 2.45) is 0 Å². The number of amides is 1. The van der Waals surface area contributed by atoms with Crippen molar-refractivity contribution in [1.82, 2.24) is 0 Å². The molecule has 0 aliphatic carbocycles. The van der Waals surface area contributed by atoms with Gasteiger partial charge in [-0.25, -0.2) is 0 Å². The molecular formula is C10H12ClNO2S. The maximum absolute atomic E-state index is 11.0. The number of halogens is 1. The summed E-state index contributed by atoms with van der Waals surface area (Å²) in [5.74, 6) is 0.500. The van der Waals surface area contributed by atoms with Crippen LogP contribution < -0.4 is 10.1 Å². The molecule has 0 aliphatic heterocycles. The Balaban J connectivity index is 3.16. The molecule has 0 fully saturated rings. The van der Waals surface area contributed by atoms with Gasteiger partial charge >= 0.3 is 0 Å². The van der Waals surface area contributed by atoms with E-state index in [0.29, 0.717) is 11.4 Å². The third-order valence-electron chi connectivity index (χ3n) is 1.89. The Morgan fingerprint density at radius 3 is 2.67 bits per heavy atom. The summed E-state index contributed by atoms with van der Waals surface area (Å²) in [6, 6.07) is 3.64. The van der Waals surface area contributed by atoms with Gasteiger partial charge in [0, 0.05) is 11.8 Å². The van der Waals surface area contributed by atoms with E-state index in [-0.39, 0.29) is 5.91 Å². The number of rotatable bonds is 3. The molecule has 0 aromatic heterocycles. The first-order valence-corrected chi connectivity index (χ1v) is 5.97. The lowest BCUT2D eigenvalue weighted by Gasteiger charge is -2.11. The molecule has 0 spiro atoms. The number of aryl methyl sites for hydroxylation is 1. The van der Waals surface area contributed by atoms with Crippen LogP contribution >= 0.6 is 21.7 Å². The van der Waals surface area contributed by atoms with E-state index in [4.69, 9.17) is 15.4 Å². The van der Waals surface area contributed by atoms with Crippen LogP contribution in [0.4, 0.5) is 5.69 Å². The van der Waals surface area contributed by atoms with E-state index in [9.17, 15) is 4.79 Å². The molecule has 0 unspecified atom stereocenters. The van der Waals surface area contributed by atoms with Crippen molar-refractivity contribution in [3.63, 3.8) is 0 Å². The molecule has 5 heteroatoms. The molecule has 0 bridgehead atoms. The maximum Gasteiger partial charge on any atom is 0.221 e. The highest BCUT2D eigenvalue weighted by molar-refractivity contribution is 8.21. The molecule has 0 radical (unpaired) electrons. The number of anilines is 1. The molecule has 1 aromatic rings. The molecule has 1 rings (SSSR count). The number of carbonyl (C=O) groups excluding carboxylic acids is 1. The van der Waals surface area contributed by atoms with Gasteiger partial charge in [-0.1, -0.05) is 0 Å². The molecule has 0 atom stereocenters. The van der Waals surface area contributed by atoms with E-state index < -0.39 is 0 Å². The normalized spacial score (nSPS) is 9.87. The fourth-order valence-corrected chi connectivity index (χ4v) is 2.04. The molecule has 0 aliphatic rings. The zero-order valence-electron chi connectivity index (χ0n) is 8.76. The fourth-order valence-electron chi connectivity index (χ4n) is 1.20. The highest BCUT2D eigenvalue weighted by Crippen LogP contribution is 2.34. The minimum Gasteiger partial charge on any atom is -0.495 e. The Hall–Kier alpha value is -0.870. The van der Waals surface area contributed by atoms with Gasteiger partial charge in [-0.05, 0) is 46.3 Å². The van der Waals surface area contributed by atoms with Gasteiger partial charge in [0.05, 0.1) is 12.8 Å². The van der Waals surface area contributed by atoms with Gasteiger partial charge in [-0.15, -0.1) is 0 Å². The summed E-state index contributed by atoms with van der Waals surface area (Å²) in [4.78, 5) is 11.9. The van der Waals surface area contributed by atoms with Crippen molar-refractivity contribution in [3.8, 4) is 5.75 Å². The summed E-state index contributed by atoms with van der Waals surface area (Å²) in [6.07, 6.45) is 0. The molecule has 1 N–H and O–H groups in total. The fraction of sp³-hybridized carbons (Fsp3) is 0.300. The van der Waals surface area contributed by atoms with Crippen LogP contribution in [0.2, 0.25) is 0 Å². The van der Waals surface area contributed by atoms with Gasteiger partial charge in [0.1, 0.15) is 5.75 Å². The Morgan fingerprint density at radius 1 is 1.53 bits per heavy atom. The Morgan fingerprint density at radius 2 is 2.20 bits per heavy atom. The quantitative estimate of drug-likeness (QED) is 0.889. The van der Waals surface area contributed by atoms with E-state index in [2.05, 4.69) is 5.32 Å². The van der Waals surface area contributed by atoms with E-state index in [0.717, 1.165) is 21.4 Å². The molecule has 1 amide bonds. The average Bonchev–Trinajstić information content (AvgIpc) is 2.19. The molecular weight excluding hydrogens is 234 g/mol. The minimum absolute atomic E-state index is 0.136. The zero-order chi connectivity index (χ0) is 11.4. The first-order valence-electron chi connectivity index (χ1n) is 4.33. The van der Waals surface area contributed by atoms with Crippen LogP contribution in [-0.2, 0) is 4.79 Å². The van der Waals surface area contributed by atoms with Gasteiger partial charge in [-0.2, -0.15) is 0 Å². The lowest BCUT2D eigenvalue weighted by molar-refractivity contribution is -0.114. The Bertz CT molecular complexity index is 382. The van der Waals surface area contributed by atoms with Crippen LogP contribution in [0.3, 0.4) is 0 Å². The summed E-state index contributed by atoms with van der Waals surface area (Å²) in [5, 5.41) is 2.69. The molecule has 15 heavy (non-hydrogen) atoms. The van der Waals surface area contributed by atoms with Crippen LogP contribution in [0.1, 0.15) is 12.5 Å². The number of hydrogen-bond donors (Lipinski definition) is 1. The number of hydrogen-bond acceptors (Lipinski definition) is 3. The first-order chi connectivity index (χ1) is 7.08. The second kappa shape index (κ2) is 5.28. The SMILES string of the molecule is COc1cc(C)c(SCl)cc1NC(C)=O. The lowest BCUT2D eigenvalue weighted by atomic mass is 10.2. The topological polar surface area (TPSA) is 38.3 Å². The minimum atomic E-state index is -0.136. The highest BCUT2D eigenvalue weighted by atomic mass is 35.7. The molecule has 3 nitrogen and oxygen atoms in total. The third kappa shape index (κ3) is 3.04. The van der Waals surface area contributed by atoms with E-state index in [1.54, 1.807) is 13.2 Å². The molecule has 0 saturated carbocycles. The third-order valence-corrected chi connectivity index (χ3v) is 3.00. The second-order valence-corrected chi connectivity index (χ2v) is 4.13. The van der Waals surface area contributed by atoms with Gasteiger partial charge in [0.2, 0.25) is 5.91 Å². The highest BCUT2D eigenvalue weighted by Gasteiger charge is 2.09. The summed E-state index contributed by atoms with van der Waals surface area (Å²) in [6.45, 7) is 3.39. The summed E-state index contributed by atoms with van der Waals surface area (Å²) < 4.78 is 5.16. The molecule has 1 aromatic carbocycles. The van der Waals surface area contributed by atoms with Crippen LogP contribution in [0.5, 0.6) is 5.75 Å². The Kier molecular flexibility index (Phi) is 4.29. The summed E-state index contributed by atoms with van der Waals surface area (Å²) >= 11 is 0. The molecule has 0 saturated heterocycles. The van der Waals surface area contributed by atoms with Crippen LogP contribution in [0.15, 0.2) is 17.0 Å². The van der Waals surface area contributed by atoms with Gasteiger partial charge in [0.15, 0.2) is 0 Å². The number of ether oxygens (including phenoxy) is 1. The number of carbonyl (C=O) groups is 1. The predicted octanol–water partition coefficient (Wildman–Crippen LogP) is 3.21. The van der Waals surface area contributed by atoms with E-state index >= 15 is 0 Å². The number of nitrogens with one attached hydrogen (secondary N) is 1. The monoisotopic (exact) mass is 245 g/mol. The van der Waals surface area contributed by atoms with Crippen molar-refractivity contribution in [3.05, 3.63) is 17.7 Å². The molecule has 0 heterocycles. The standard InChI is InChI=1S/C10H12ClNO2S/c1-6-4-9(14-3)8(12-7(2)13)5-10(6)15-11/h4-5H,1-3H3,(H,12,13). The maximum atomic E-state index is 11.0. The first kappa shape index (κ1) is 12.2. The number of methoxy groups -OCH3 is 1. The van der Waals surface area contributed by atoms with Gasteiger partial charge < -0.3 is 10.1 Å². The number of benzene rings is 1. The average molecular weight is 246 g/mol. The van der Waals surface area contributed by atoms with E-state index in [1.165, 1.54) is 6.92 Å². The second-order valence-electron chi connectivity index (χ2n) is 3.08. The van der Waals surface area contributed by atoms with Crippen LogP contribution in [0, 0.1) is 6.92 Å². The predicted molar refractivity (Wildman–Crippen MR) is 63.7 cm³/mol. The van der Waals surface area contributed by atoms with Gasteiger partial charge in [-0.3, -0.25) is 4.79 Å². The van der Waals surface area contributed by atoms with Crippen molar-refractivity contribution in [2.75, 3.05) is 12.4 Å². The largest absolute Gasteiger partial charge is 0.495 e. The zero-order valence-corrected chi connectivity index (χ0v) is 10.3. The van der Waals surface area contributed by atoms with Crippen molar-refractivity contribution < 1.29 is 9.53 Å². The van der Waals surface area contributed by atoms with Gasteiger partial charge in [0.25, 0.3) is 0 Å². The van der Waals surface area contributed by atoms with Crippen LogP contribution in [-0.4, -0.2) is 13.0 Å². The van der Waals surface area contributed by atoms with Crippen molar-refractivity contribution in [1.29, 1.82) is 0 Å². The summed E-state index contributed by atoms with van der Waals surface area (Å²) in [5.41, 5.74) is 1.65. The van der Waals surface area contributed by atoms with Crippen LogP contribution in [0.25, 0.3) is 0 Å². The lowest BCUT2D eigenvalue weighted by Crippen LogP contribution is -2.07. The van der Waals surface area contributed by atoms with Crippen molar-refractivity contribution in [2.45, 2.75) is 18.7 Å². The van der Waals surface area contributed by atoms with Crippen molar-refractivity contribution >= 4 is 33.3 Å². The molecule has 82 valence electrons. The Labute approximate surface area is 97.6 Å². The van der Waals surface area contributed by atoms with E-state index in [1.807, 2.05) is 13.0 Å².